The second kappa shape index (κ2) is 3.19. The quantitative estimate of drug-likeness (QED) is 0.719. The van der Waals surface area contributed by atoms with Crippen molar-refractivity contribution in [2.24, 2.45) is 10.9 Å². The van der Waals surface area contributed by atoms with Crippen molar-refractivity contribution in [2.75, 3.05) is 7.11 Å². The van der Waals surface area contributed by atoms with Crippen LogP contribution in [-0.2, 0) is 14.2 Å². The smallest absolute Gasteiger partial charge is 0.357 e. The topological polar surface area (TPSA) is 40.0 Å². The molecule has 3 atom stereocenters. The summed E-state index contributed by atoms with van der Waals surface area (Å²) in [6.45, 7) is 8.20. The Morgan fingerprint density at radius 3 is 2.67 bits per heavy atom. The predicted octanol–water partition coefficient (Wildman–Crippen LogP) is 1.94. The highest BCUT2D eigenvalue weighted by Gasteiger charge is 2.75. The lowest BCUT2D eigenvalue weighted by Gasteiger charge is -2.56. The van der Waals surface area contributed by atoms with Crippen molar-refractivity contribution >= 4 is 5.90 Å². The zero-order valence-corrected chi connectivity index (χ0v) is 10.0. The number of hydrogen-bond donors (Lipinski definition) is 0. The Balaban J connectivity index is 2.40. The Morgan fingerprint density at radius 2 is 2.20 bits per heavy atom. The zero-order chi connectivity index (χ0) is 11.3. The van der Waals surface area contributed by atoms with Crippen LogP contribution in [0.25, 0.3) is 0 Å². The maximum atomic E-state index is 5.73. The molecule has 86 valence electrons. The van der Waals surface area contributed by atoms with Crippen LogP contribution >= 0.6 is 0 Å². The van der Waals surface area contributed by atoms with Crippen LogP contribution in [0.4, 0.5) is 0 Å². The monoisotopic (exact) mass is 213 g/mol. The Labute approximate surface area is 90.6 Å². The van der Waals surface area contributed by atoms with Crippen LogP contribution in [0.5, 0.6) is 0 Å². The molecule has 0 radical (unpaired) electrons. The van der Waals surface area contributed by atoms with E-state index in [1.165, 1.54) is 0 Å². The maximum Gasteiger partial charge on any atom is 0.357 e. The lowest BCUT2D eigenvalue weighted by Crippen LogP contribution is -2.75. The molecule has 1 saturated heterocycles. The molecule has 0 amide bonds. The van der Waals surface area contributed by atoms with Crippen molar-refractivity contribution in [2.45, 2.75) is 51.7 Å². The third kappa shape index (κ3) is 1.06. The number of fused-ring (bicyclic) bond motifs is 1. The Hall–Kier alpha value is -0.610. The first-order valence-corrected chi connectivity index (χ1v) is 5.51. The Kier molecular flexibility index (Phi) is 2.32. The van der Waals surface area contributed by atoms with E-state index in [9.17, 15) is 0 Å². The largest absolute Gasteiger partial charge is 0.424 e. The second-order valence-corrected chi connectivity index (χ2v) is 4.49. The minimum Gasteiger partial charge on any atom is -0.424 e. The third-order valence-corrected chi connectivity index (χ3v) is 3.42. The minimum absolute atomic E-state index is 0.0925. The summed E-state index contributed by atoms with van der Waals surface area (Å²) < 4.78 is 16.7. The fraction of sp³-hybridized carbons (Fsp3) is 0.909. The summed E-state index contributed by atoms with van der Waals surface area (Å²) >= 11 is 0. The molecule has 2 heterocycles. The SMILES string of the molecule is CC[C@@H]1O[C@@]2(OC)OC(C)=N[C@@]12C(C)C. The lowest BCUT2D eigenvalue weighted by atomic mass is 9.74. The van der Waals surface area contributed by atoms with Crippen molar-refractivity contribution < 1.29 is 14.2 Å². The van der Waals surface area contributed by atoms with Gasteiger partial charge in [0.25, 0.3) is 0 Å². The van der Waals surface area contributed by atoms with Gasteiger partial charge in [-0.05, 0) is 12.3 Å². The lowest BCUT2D eigenvalue weighted by molar-refractivity contribution is -0.467. The molecule has 0 aromatic heterocycles. The molecule has 2 rings (SSSR count). The maximum absolute atomic E-state index is 5.73. The Bertz CT molecular complexity index is 302. The molecule has 0 aliphatic carbocycles. The molecule has 0 aromatic carbocycles. The summed E-state index contributed by atoms with van der Waals surface area (Å²) in [7, 11) is 1.61. The molecule has 15 heavy (non-hydrogen) atoms. The number of aliphatic imine (C=N–C) groups is 1. The van der Waals surface area contributed by atoms with Crippen LogP contribution in [0.15, 0.2) is 4.99 Å². The molecule has 4 nitrogen and oxygen atoms in total. The van der Waals surface area contributed by atoms with Crippen molar-refractivity contribution in [3.05, 3.63) is 0 Å². The van der Waals surface area contributed by atoms with Crippen LogP contribution in [-0.4, -0.2) is 30.6 Å². The molecule has 0 bridgehead atoms. The van der Waals surface area contributed by atoms with Gasteiger partial charge in [-0.15, -0.1) is 0 Å². The summed E-state index contributed by atoms with van der Waals surface area (Å²) in [5.74, 6) is 0.0152. The van der Waals surface area contributed by atoms with E-state index in [2.05, 4.69) is 25.8 Å². The van der Waals surface area contributed by atoms with Crippen LogP contribution < -0.4 is 0 Å². The molecule has 0 spiro atoms. The summed E-state index contributed by atoms with van der Waals surface area (Å²) in [5, 5.41) is 0. The van der Waals surface area contributed by atoms with E-state index in [1.807, 2.05) is 6.92 Å². The van der Waals surface area contributed by atoms with E-state index in [1.54, 1.807) is 7.11 Å². The number of rotatable bonds is 3. The highest BCUT2D eigenvalue weighted by molar-refractivity contribution is 5.77. The molecule has 0 N–H and O–H groups in total. The summed E-state index contributed by atoms with van der Waals surface area (Å²) in [6.07, 6.45) is 1.01. The van der Waals surface area contributed by atoms with Gasteiger partial charge in [-0.2, -0.15) is 0 Å². The first kappa shape index (κ1) is 10.9. The molecule has 0 unspecified atom stereocenters. The van der Waals surface area contributed by atoms with Gasteiger partial charge < -0.3 is 14.2 Å². The van der Waals surface area contributed by atoms with Crippen molar-refractivity contribution in [1.29, 1.82) is 0 Å². The van der Waals surface area contributed by atoms with Crippen LogP contribution in [0, 0.1) is 5.92 Å². The van der Waals surface area contributed by atoms with Gasteiger partial charge in [-0.1, -0.05) is 20.8 Å². The van der Waals surface area contributed by atoms with Gasteiger partial charge in [-0.25, -0.2) is 4.99 Å². The predicted molar refractivity (Wildman–Crippen MR) is 56.7 cm³/mol. The van der Waals surface area contributed by atoms with Crippen molar-refractivity contribution in [1.82, 2.24) is 0 Å². The van der Waals surface area contributed by atoms with Gasteiger partial charge >= 0.3 is 5.97 Å². The van der Waals surface area contributed by atoms with Gasteiger partial charge in [0.05, 0.1) is 6.10 Å². The van der Waals surface area contributed by atoms with E-state index in [-0.39, 0.29) is 11.6 Å². The van der Waals surface area contributed by atoms with E-state index >= 15 is 0 Å². The highest BCUT2D eigenvalue weighted by atomic mass is 16.9. The average Bonchev–Trinajstić information content (AvgIpc) is 2.40. The molecule has 0 saturated carbocycles. The van der Waals surface area contributed by atoms with Crippen LogP contribution in [0.1, 0.15) is 34.1 Å². The molecule has 1 fully saturated rings. The molecule has 2 aliphatic rings. The van der Waals surface area contributed by atoms with Gasteiger partial charge in [0, 0.05) is 14.0 Å². The fourth-order valence-electron chi connectivity index (χ4n) is 2.74. The van der Waals surface area contributed by atoms with Crippen molar-refractivity contribution in [3.63, 3.8) is 0 Å². The van der Waals surface area contributed by atoms with E-state index in [0.717, 1.165) is 6.42 Å². The van der Waals surface area contributed by atoms with Crippen LogP contribution in [0.3, 0.4) is 0 Å². The van der Waals surface area contributed by atoms with Gasteiger partial charge in [0.15, 0.2) is 11.4 Å². The van der Waals surface area contributed by atoms with E-state index < -0.39 is 5.97 Å². The minimum atomic E-state index is -0.966. The zero-order valence-electron chi connectivity index (χ0n) is 10.0. The van der Waals surface area contributed by atoms with E-state index in [4.69, 9.17) is 14.2 Å². The third-order valence-electron chi connectivity index (χ3n) is 3.42. The number of methoxy groups -OCH3 is 1. The number of hydrogen-bond acceptors (Lipinski definition) is 4. The Morgan fingerprint density at radius 1 is 1.53 bits per heavy atom. The van der Waals surface area contributed by atoms with E-state index in [0.29, 0.717) is 11.8 Å². The fourth-order valence-corrected chi connectivity index (χ4v) is 2.74. The first-order valence-electron chi connectivity index (χ1n) is 5.51. The van der Waals surface area contributed by atoms with Crippen molar-refractivity contribution in [3.8, 4) is 0 Å². The summed E-state index contributed by atoms with van der Waals surface area (Å²) in [4.78, 5) is 4.63. The molecule has 2 aliphatic heterocycles. The van der Waals surface area contributed by atoms with Gasteiger partial charge in [0.1, 0.15) is 0 Å². The number of nitrogens with zero attached hydrogens (tertiary/aromatic N) is 1. The molecule has 4 heteroatoms. The number of ether oxygens (including phenoxy) is 3. The normalized spacial score (nSPS) is 43.3. The molecular weight excluding hydrogens is 194 g/mol. The second-order valence-electron chi connectivity index (χ2n) is 4.49. The van der Waals surface area contributed by atoms with Crippen LogP contribution in [0.2, 0.25) is 0 Å². The van der Waals surface area contributed by atoms with Gasteiger partial charge in [-0.3, -0.25) is 0 Å². The first-order chi connectivity index (χ1) is 7.02. The van der Waals surface area contributed by atoms with Gasteiger partial charge in [0.2, 0.25) is 0 Å². The molecule has 0 aromatic rings. The standard InChI is InChI=1S/C11H19NO3/c1-6-9-10(7(2)3)11(13-5,15-9)14-8(4)12-10/h7,9H,6H2,1-5H3/t9-,10-,11-/m0/s1. The average molecular weight is 213 g/mol. The molecular formula is C11H19NO3. The summed E-state index contributed by atoms with van der Waals surface area (Å²) in [6, 6.07) is 0. The highest BCUT2D eigenvalue weighted by Crippen LogP contribution is 2.55. The summed E-state index contributed by atoms with van der Waals surface area (Å²) in [5.41, 5.74) is -0.361.